The zero-order valence-electron chi connectivity index (χ0n) is 12.3. The fourth-order valence-electron chi connectivity index (χ4n) is 1.97. The van der Waals surface area contributed by atoms with E-state index < -0.39 is 12.0 Å². The minimum atomic E-state index is -0.622. The second kappa shape index (κ2) is 8.93. The van der Waals surface area contributed by atoms with Crippen LogP contribution in [0.1, 0.15) is 12.8 Å². The number of hydrogen-bond acceptors (Lipinski definition) is 5. The molecular formula is C15H17BrN2O4S. The van der Waals surface area contributed by atoms with Crippen molar-refractivity contribution < 1.29 is 19.1 Å². The van der Waals surface area contributed by atoms with E-state index in [9.17, 15) is 14.4 Å². The van der Waals surface area contributed by atoms with Gasteiger partial charge in [0.25, 0.3) is 5.91 Å². The Labute approximate surface area is 146 Å². The van der Waals surface area contributed by atoms with Crippen LogP contribution >= 0.6 is 27.7 Å². The van der Waals surface area contributed by atoms with E-state index in [-0.39, 0.29) is 18.4 Å². The summed E-state index contributed by atoms with van der Waals surface area (Å²) >= 11 is 5.00. The van der Waals surface area contributed by atoms with Gasteiger partial charge in [-0.15, -0.1) is 11.8 Å². The number of rotatable bonds is 7. The Bertz CT molecular complexity index is 579. The van der Waals surface area contributed by atoms with Crippen LogP contribution in [0.3, 0.4) is 0 Å². The predicted molar refractivity (Wildman–Crippen MR) is 90.0 cm³/mol. The van der Waals surface area contributed by atoms with Crippen LogP contribution in [0.25, 0.3) is 0 Å². The van der Waals surface area contributed by atoms with Crippen molar-refractivity contribution >= 4 is 45.5 Å². The molecule has 0 saturated carbocycles. The van der Waals surface area contributed by atoms with Crippen molar-refractivity contribution in [3.8, 4) is 0 Å². The molecule has 0 unspecified atom stereocenters. The van der Waals surface area contributed by atoms with Gasteiger partial charge < -0.3 is 15.4 Å². The first-order valence-electron chi connectivity index (χ1n) is 7.15. The maximum atomic E-state index is 11.6. The summed E-state index contributed by atoms with van der Waals surface area (Å²) in [6.45, 7) is 0.158. The van der Waals surface area contributed by atoms with Gasteiger partial charge in [-0.25, -0.2) is 4.79 Å². The number of thioether (sulfide) groups is 1. The molecule has 2 rings (SSSR count). The van der Waals surface area contributed by atoms with Gasteiger partial charge in [-0.3, -0.25) is 9.59 Å². The number of nitrogens with one attached hydrogen (secondary N) is 2. The lowest BCUT2D eigenvalue weighted by Gasteiger charge is -2.10. The molecule has 0 aliphatic carbocycles. The van der Waals surface area contributed by atoms with Crippen molar-refractivity contribution in [2.75, 3.05) is 18.9 Å². The molecule has 1 aliphatic rings. The smallest absolute Gasteiger partial charge is 0.329 e. The normalized spacial score (nSPS) is 16.7. The first-order chi connectivity index (χ1) is 11.0. The SMILES string of the molecule is O=C(COC(=O)[C@H]1CCC(=O)N1)NCCSc1ccc(Br)cc1. The molecule has 6 nitrogen and oxygen atoms in total. The van der Waals surface area contributed by atoms with Gasteiger partial charge in [0.05, 0.1) is 0 Å². The Hall–Kier alpha value is -1.54. The van der Waals surface area contributed by atoms with Gasteiger partial charge in [0.15, 0.2) is 6.61 Å². The van der Waals surface area contributed by atoms with Gasteiger partial charge in [-0.1, -0.05) is 15.9 Å². The van der Waals surface area contributed by atoms with Crippen molar-refractivity contribution in [3.05, 3.63) is 28.7 Å². The average Bonchev–Trinajstić information content (AvgIpc) is 2.97. The third kappa shape index (κ3) is 6.23. The summed E-state index contributed by atoms with van der Waals surface area (Å²) < 4.78 is 5.91. The van der Waals surface area contributed by atoms with Crippen LogP contribution in [-0.2, 0) is 19.1 Å². The van der Waals surface area contributed by atoms with Crippen molar-refractivity contribution in [2.45, 2.75) is 23.8 Å². The van der Waals surface area contributed by atoms with Crippen LogP contribution in [0.4, 0.5) is 0 Å². The van der Waals surface area contributed by atoms with Gasteiger partial charge in [0.2, 0.25) is 5.91 Å². The number of carbonyl (C=O) groups excluding carboxylic acids is 3. The molecule has 1 fully saturated rings. The second-order valence-corrected chi connectivity index (χ2v) is 7.00. The number of carbonyl (C=O) groups is 3. The molecule has 1 aliphatic heterocycles. The van der Waals surface area contributed by atoms with Gasteiger partial charge in [0.1, 0.15) is 6.04 Å². The Morgan fingerprint density at radius 2 is 2.09 bits per heavy atom. The summed E-state index contributed by atoms with van der Waals surface area (Å²) in [5, 5.41) is 5.19. The number of hydrogen-bond donors (Lipinski definition) is 2. The minimum absolute atomic E-state index is 0.165. The zero-order valence-corrected chi connectivity index (χ0v) is 14.7. The topological polar surface area (TPSA) is 84.5 Å². The number of esters is 1. The largest absolute Gasteiger partial charge is 0.454 e. The highest BCUT2D eigenvalue weighted by Gasteiger charge is 2.28. The first kappa shape index (κ1) is 17.8. The third-order valence-corrected chi connectivity index (χ3v) is 4.67. The number of benzene rings is 1. The maximum absolute atomic E-state index is 11.6. The maximum Gasteiger partial charge on any atom is 0.329 e. The van der Waals surface area contributed by atoms with Crippen LogP contribution in [-0.4, -0.2) is 42.7 Å². The van der Waals surface area contributed by atoms with Gasteiger partial charge in [-0.2, -0.15) is 0 Å². The highest BCUT2D eigenvalue weighted by atomic mass is 79.9. The van der Waals surface area contributed by atoms with E-state index in [1.165, 1.54) is 0 Å². The number of halogens is 1. The molecule has 1 aromatic rings. The van der Waals surface area contributed by atoms with Gasteiger partial charge in [-0.05, 0) is 30.7 Å². The molecule has 0 spiro atoms. The molecule has 124 valence electrons. The van der Waals surface area contributed by atoms with Gasteiger partial charge >= 0.3 is 5.97 Å². The van der Waals surface area contributed by atoms with E-state index >= 15 is 0 Å². The van der Waals surface area contributed by atoms with E-state index in [2.05, 4.69) is 26.6 Å². The highest BCUT2D eigenvalue weighted by Crippen LogP contribution is 2.19. The molecule has 0 bridgehead atoms. The quantitative estimate of drug-likeness (QED) is 0.411. The Balaban J connectivity index is 1.57. The van der Waals surface area contributed by atoms with Crippen molar-refractivity contribution in [1.29, 1.82) is 0 Å². The fraction of sp³-hybridized carbons (Fsp3) is 0.400. The van der Waals surface area contributed by atoms with E-state index in [4.69, 9.17) is 4.74 Å². The van der Waals surface area contributed by atoms with E-state index in [0.29, 0.717) is 19.4 Å². The van der Waals surface area contributed by atoms with Crippen LogP contribution in [0.15, 0.2) is 33.6 Å². The van der Waals surface area contributed by atoms with E-state index in [0.717, 1.165) is 15.1 Å². The van der Waals surface area contributed by atoms with Crippen LogP contribution in [0, 0.1) is 0 Å². The Morgan fingerprint density at radius 1 is 1.35 bits per heavy atom. The molecule has 23 heavy (non-hydrogen) atoms. The molecule has 0 aromatic heterocycles. The molecule has 0 radical (unpaired) electrons. The van der Waals surface area contributed by atoms with E-state index in [1.807, 2.05) is 24.3 Å². The summed E-state index contributed by atoms with van der Waals surface area (Å²) in [5.41, 5.74) is 0. The number of amides is 2. The summed E-state index contributed by atoms with van der Waals surface area (Å²) in [4.78, 5) is 35.3. The third-order valence-electron chi connectivity index (χ3n) is 3.13. The number of ether oxygens (including phenoxy) is 1. The zero-order chi connectivity index (χ0) is 16.7. The first-order valence-corrected chi connectivity index (χ1v) is 8.93. The lowest BCUT2D eigenvalue weighted by molar-refractivity contribution is -0.150. The van der Waals surface area contributed by atoms with E-state index in [1.54, 1.807) is 11.8 Å². The summed E-state index contributed by atoms with van der Waals surface area (Å²) in [6.07, 6.45) is 0.738. The molecule has 1 atom stereocenters. The fourth-order valence-corrected chi connectivity index (χ4v) is 3.00. The lowest BCUT2D eigenvalue weighted by atomic mass is 10.2. The summed E-state index contributed by atoms with van der Waals surface area (Å²) in [6, 6.07) is 7.29. The Morgan fingerprint density at radius 3 is 2.74 bits per heavy atom. The molecular weight excluding hydrogens is 384 g/mol. The molecule has 1 aromatic carbocycles. The van der Waals surface area contributed by atoms with Crippen LogP contribution < -0.4 is 10.6 Å². The molecule has 2 N–H and O–H groups in total. The molecule has 1 saturated heterocycles. The average molecular weight is 401 g/mol. The summed E-state index contributed by atoms with van der Waals surface area (Å²) in [5.74, 6) is -0.351. The molecule has 1 heterocycles. The monoisotopic (exact) mass is 400 g/mol. The Kier molecular flexibility index (Phi) is 6.91. The summed E-state index contributed by atoms with van der Waals surface area (Å²) in [7, 11) is 0. The highest BCUT2D eigenvalue weighted by molar-refractivity contribution is 9.10. The van der Waals surface area contributed by atoms with Gasteiger partial charge in [0, 0.05) is 28.1 Å². The molecule has 2 amide bonds. The predicted octanol–water partition coefficient (Wildman–Crippen LogP) is 1.48. The van der Waals surface area contributed by atoms with Crippen LogP contribution in [0.2, 0.25) is 0 Å². The van der Waals surface area contributed by atoms with Crippen LogP contribution in [0.5, 0.6) is 0 Å². The second-order valence-electron chi connectivity index (χ2n) is 4.92. The van der Waals surface area contributed by atoms with Crippen molar-refractivity contribution in [2.24, 2.45) is 0 Å². The van der Waals surface area contributed by atoms with Crippen molar-refractivity contribution in [1.82, 2.24) is 10.6 Å². The van der Waals surface area contributed by atoms with Crippen molar-refractivity contribution in [3.63, 3.8) is 0 Å². The lowest BCUT2D eigenvalue weighted by Crippen LogP contribution is -2.37. The minimum Gasteiger partial charge on any atom is -0.454 e. The standard InChI is InChI=1S/C15H17BrN2O4S/c16-10-1-3-11(4-2-10)23-8-7-17-14(20)9-22-15(21)12-5-6-13(19)18-12/h1-4,12H,5-9H2,(H,17,20)(H,18,19)/t12-/m1/s1. The molecule has 8 heteroatoms.